The second kappa shape index (κ2) is 6.06. The minimum absolute atomic E-state index is 0. The fourth-order valence-corrected chi connectivity index (χ4v) is 0.416. The van der Waals surface area contributed by atoms with Gasteiger partial charge in [0.2, 0.25) is 0 Å². The molecule has 50 valence electrons. The summed E-state index contributed by atoms with van der Waals surface area (Å²) in [6.07, 6.45) is 0. The van der Waals surface area contributed by atoms with Crippen LogP contribution in [-0.4, -0.2) is 23.1 Å². The molecule has 0 aliphatic heterocycles. The second-order valence-corrected chi connectivity index (χ2v) is 1.37. The first-order valence-corrected chi connectivity index (χ1v) is 2.11. The van der Waals surface area contributed by atoms with Crippen LogP contribution in [0.25, 0.3) is 0 Å². The van der Waals surface area contributed by atoms with Crippen molar-refractivity contribution in [3.8, 4) is 0 Å². The molecular weight excluding hydrogens is 214 g/mol. The van der Waals surface area contributed by atoms with Gasteiger partial charge in [0, 0.05) is 11.6 Å². The van der Waals surface area contributed by atoms with Crippen LogP contribution in [0.4, 0.5) is 8.78 Å². The summed E-state index contributed by atoms with van der Waals surface area (Å²) in [5, 5.41) is 0. The third-order valence-corrected chi connectivity index (χ3v) is 0.718. The standard InChI is InChI=1S/C6H3F2.BrH.Mg/c7-5-2-1-3-6(8)4-5;;/h2-4H;1H;/q-1;;+2/p-1. The molecule has 0 N–H and O–H groups in total. The van der Waals surface area contributed by atoms with E-state index in [1.165, 1.54) is 0 Å². The summed E-state index contributed by atoms with van der Waals surface area (Å²) in [5.41, 5.74) is 0. The van der Waals surface area contributed by atoms with E-state index < -0.39 is 11.6 Å². The number of benzene rings is 1. The van der Waals surface area contributed by atoms with E-state index in [0.29, 0.717) is 0 Å². The van der Waals surface area contributed by atoms with Gasteiger partial charge < -0.3 is 17.0 Å². The Morgan fingerprint density at radius 3 is 1.70 bits per heavy atom. The molecule has 0 heterocycles. The first kappa shape index (κ1) is 13.0. The third-order valence-electron chi connectivity index (χ3n) is 0.718. The van der Waals surface area contributed by atoms with E-state index in [1.54, 1.807) is 0 Å². The van der Waals surface area contributed by atoms with E-state index in [9.17, 15) is 8.78 Å². The van der Waals surface area contributed by atoms with Crippen molar-refractivity contribution in [2.75, 3.05) is 0 Å². The molecular formula is C6H3BrF2Mg. The summed E-state index contributed by atoms with van der Waals surface area (Å²) in [4.78, 5) is 0. The Morgan fingerprint density at radius 1 is 1.10 bits per heavy atom. The van der Waals surface area contributed by atoms with Gasteiger partial charge in [0.05, 0.1) is 0 Å². The molecule has 0 aliphatic rings. The van der Waals surface area contributed by atoms with Crippen molar-refractivity contribution in [2.24, 2.45) is 0 Å². The molecule has 0 atom stereocenters. The van der Waals surface area contributed by atoms with Crippen LogP contribution in [0.5, 0.6) is 0 Å². The van der Waals surface area contributed by atoms with Crippen LogP contribution in [0.1, 0.15) is 0 Å². The number of hydrogen-bond acceptors (Lipinski definition) is 0. The number of halogens is 3. The summed E-state index contributed by atoms with van der Waals surface area (Å²) >= 11 is 0. The van der Waals surface area contributed by atoms with E-state index in [4.69, 9.17) is 0 Å². The van der Waals surface area contributed by atoms with Crippen molar-refractivity contribution in [2.45, 2.75) is 0 Å². The van der Waals surface area contributed by atoms with Crippen molar-refractivity contribution in [3.63, 3.8) is 0 Å². The molecule has 10 heavy (non-hydrogen) atoms. The zero-order valence-corrected chi connectivity index (χ0v) is 8.07. The van der Waals surface area contributed by atoms with Crippen LogP contribution in [0.2, 0.25) is 0 Å². The molecule has 4 heteroatoms. The first-order valence-electron chi connectivity index (χ1n) is 2.11. The number of rotatable bonds is 0. The van der Waals surface area contributed by atoms with E-state index in [1.807, 2.05) is 0 Å². The second-order valence-electron chi connectivity index (χ2n) is 1.37. The van der Waals surface area contributed by atoms with Gasteiger partial charge in [0.15, 0.2) is 0 Å². The monoisotopic (exact) mass is 216 g/mol. The van der Waals surface area contributed by atoms with Gasteiger partial charge in [-0.15, -0.1) is 18.2 Å². The molecule has 0 spiro atoms. The molecule has 1 aromatic carbocycles. The molecule has 1 aromatic rings. The predicted molar refractivity (Wildman–Crippen MR) is 30.9 cm³/mol. The van der Waals surface area contributed by atoms with Crippen molar-refractivity contribution < 1.29 is 25.8 Å². The predicted octanol–water partition coefficient (Wildman–Crippen LogP) is -1.61. The zero-order valence-electron chi connectivity index (χ0n) is 5.07. The van der Waals surface area contributed by atoms with E-state index in [0.717, 1.165) is 18.2 Å². The topological polar surface area (TPSA) is 0 Å². The van der Waals surface area contributed by atoms with Crippen molar-refractivity contribution in [1.29, 1.82) is 0 Å². The first-order chi connectivity index (χ1) is 3.79. The maximum atomic E-state index is 11.9. The quantitative estimate of drug-likeness (QED) is 0.362. The van der Waals surface area contributed by atoms with Gasteiger partial charge in [0.1, 0.15) is 0 Å². The fraction of sp³-hybridized carbons (Fsp3) is 0. The molecule has 0 amide bonds. The van der Waals surface area contributed by atoms with Gasteiger partial charge >= 0.3 is 23.1 Å². The van der Waals surface area contributed by atoms with Crippen LogP contribution in [-0.2, 0) is 0 Å². The molecule has 0 bridgehead atoms. The van der Waals surface area contributed by atoms with Gasteiger partial charge in [0.25, 0.3) is 0 Å². The molecule has 0 saturated heterocycles. The largest absolute Gasteiger partial charge is 2.00 e. The van der Waals surface area contributed by atoms with E-state index in [-0.39, 0.29) is 40.0 Å². The molecule has 0 nitrogen and oxygen atoms in total. The molecule has 1 rings (SSSR count). The van der Waals surface area contributed by atoms with Gasteiger partial charge in [-0.3, -0.25) is 8.78 Å². The normalized spacial score (nSPS) is 7.40. The molecule has 0 aromatic heterocycles. The summed E-state index contributed by atoms with van der Waals surface area (Å²) in [7, 11) is 0. The van der Waals surface area contributed by atoms with Crippen molar-refractivity contribution in [1.82, 2.24) is 0 Å². The van der Waals surface area contributed by atoms with Crippen molar-refractivity contribution in [3.05, 3.63) is 35.9 Å². The van der Waals surface area contributed by atoms with Gasteiger partial charge in [-0.2, -0.15) is 6.07 Å². The van der Waals surface area contributed by atoms with Crippen molar-refractivity contribution >= 4 is 23.1 Å². The van der Waals surface area contributed by atoms with Crippen LogP contribution >= 0.6 is 0 Å². The smallest absolute Gasteiger partial charge is 1.00 e. The fourth-order valence-electron chi connectivity index (χ4n) is 0.416. The Bertz CT molecular complexity index is 176. The minimum Gasteiger partial charge on any atom is -1.00 e. The maximum Gasteiger partial charge on any atom is 2.00 e. The molecule has 0 fully saturated rings. The molecule has 0 saturated carbocycles. The number of hydrogen-bond donors (Lipinski definition) is 0. The average Bonchev–Trinajstić information content (AvgIpc) is 1.64. The summed E-state index contributed by atoms with van der Waals surface area (Å²) in [5.74, 6) is -1.19. The van der Waals surface area contributed by atoms with E-state index >= 15 is 0 Å². The van der Waals surface area contributed by atoms with Crippen LogP contribution in [0.15, 0.2) is 18.2 Å². The van der Waals surface area contributed by atoms with E-state index in [2.05, 4.69) is 6.07 Å². The Morgan fingerprint density at radius 2 is 1.50 bits per heavy atom. The maximum absolute atomic E-state index is 11.9. The van der Waals surface area contributed by atoms with Crippen LogP contribution in [0, 0.1) is 17.7 Å². The summed E-state index contributed by atoms with van der Waals surface area (Å²) in [6.45, 7) is 0. The molecule has 0 unspecified atom stereocenters. The summed E-state index contributed by atoms with van der Waals surface area (Å²) in [6, 6.07) is 5.23. The molecule has 0 radical (unpaired) electrons. The Hall–Kier alpha value is 0.326. The third kappa shape index (κ3) is 4.19. The SMILES string of the molecule is Fc1c[c-]cc(F)c1.[Br-].[Mg+2]. The Balaban J connectivity index is 0. The minimum atomic E-state index is -0.593. The Kier molecular flexibility index (Phi) is 7.86. The zero-order chi connectivity index (χ0) is 5.98. The summed E-state index contributed by atoms with van der Waals surface area (Å²) < 4.78 is 23.8. The van der Waals surface area contributed by atoms with Gasteiger partial charge in [-0.05, 0) is 0 Å². The Labute approximate surface area is 84.5 Å². The average molecular weight is 217 g/mol. The van der Waals surface area contributed by atoms with Gasteiger partial charge in [-0.25, -0.2) is 0 Å². The molecule has 0 aliphatic carbocycles. The van der Waals surface area contributed by atoms with Gasteiger partial charge in [-0.1, -0.05) is 0 Å². The van der Waals surface area contributed by atoms with Crippen LogP contribution in [0.3, 0.4) is 0 Å². The van der Waals surface area contributed by atoms with Crippen LogP contribution < -0.4 is 17.0 Å².